The highest BCUT2D eigenvalue weighted by atomic mass is 19.3. The highest BCUT2D eigenvalue weighted by Crippen LogP contribution is 2.40. The SMILES string of the molecule is Cc1cc(Oc2ccccc2F)ccc1-n1ncc(C(=O)c2cc3cc(OCC(F)F)c(N4C(=O)[C@@H]5C[C@H](NC(=O)Oc6ccc([N+](=O)[O-])cc6)CN5C4=O)cc3[nH]2)c1N. The molecule has 2 aliphatic heterocycles. The second-order valence-corrected chi connectivity index (χ2v) is 13.8. The van der Waals surface area contributed by atoms with Crippen molar-refractivity contribution in [1.82, 2.24) is 25.0 Å². The number of halogens is 3. The predicted molar refractivity (Wildman–Crippen MR) is 206 cm³/mol. The average Bonchev–Trinajstić information content (AvgIpc) is 3.98. The Bertz CT molecular complexity index is 2700. The maximum atomic E-state index is 14.1. The number of nitrogens with one attached hydrogen (secondary N) is 2. The number of amides is 4. The molecule has 0 spiro atoms. The lowest BCUT2D eigenvalue weighted by molar-refractivity contribution is -0.384. The summed E-state index contributed by atoms with van der Waals surface area (Å²) in [6, 6.07) is 17.2. The number of para-hydroxylation sites is 1. The largest absolute Gasteiger partial charge is 0.485 e. The van der Waals surface area contributed by atoms with Crippen molar-refractivity contribution >= 4 is 51.9 Å². The van der Waals surface area contributed by atoms with Crippen LogP contribution in [0, 0.1) is 22.9 Å². The number of hydrogen-bond acceptors (Lipinski definition) is 11. The molecular formula is C40H31F3N8O9. The summed E-state index contributed by atoms with van der Waals surface area (Å²) in [5.41, 5.74) is 7.54. The van der Waals surface area contributed by atoms with E-state index >= 15 is 0 Å². The van der Waals surface area contributed by atoms with E-state index in [9.17, 15) is 42.5 Å². The average molecular weight is 825 g/mol. The number of ketones is 1. The maximum absolute atomic E-state index is 14.1. The summed E-state index contributed by atoms with van der Waals surface area (Å²) in [6.07, 6.45) is -2.54. The molecule has 8 rings (SSSR count). The summed E-state index contributed by atoms with van der Waals surface area (Å²) in [4.78, 5) is 69.2. The van der Waals surface area contributed by atoms with E-state index in [1.54, 1.807) is 37.3 Å². The molecule has 4 heterocycles. The Kier molecular flexibility index (Phi) is 10.0. The molecule has 2 aromatic heterocycles. The van der Waals surface area contributed by atoms with E-state index < -0.39 is 59.7 Å². The number of non-ortho nitro benzene ring substituents is 1. The van der Waals surface area contributed by atoms with Gasteiger partial charge in [-0.15, -0.1) is 0 Å². The smallest absolute Gasteiger partial charge is 0.412 e. The number of carbonyl (C=O) groups excluding carboxylic acids is 4. The number of nitro benzene ring substituents is 1. The number of nitrogens with two attached hydrogens (primary N) is 1. The number of H-pyrrole nitrogens is 1. The molecule has 0 radical (unpaired) electrons. The van der Waals surface area contributed by atoms with E-state index in [1.807, 2.05) is 0 Å². The van der Waals surface area contributed by atoms with Gasteiger partial charge in [0, 0.05) is 29.6 Å². The van der Waals surface area contributed by atoms with Crippen LogP contribution < -0.4 is 30.2 Å². The molecule has 0 bridgehead atoms. The number of urea groups is 1. The fraction of sp³-hybridized carbons (Fsp3) is 0.175. The molecule has 306 valence electrons. The number of hydrogen-bond donors (Lipinski definition) is 3. The van der Waals surface area contributed by atoms with Crippen molar-refractivity contribution in [3.63, 3.8) is 0 Å². The van der Waals surface area contributed by atoms with E-state index in [-0.39, 0.29) is 64.2 Å². The minimum absolute atomic E-state index is 0.00667. The van der Waals surface area contributed by atoms with Gasteiger partial charge in [-0.2, -0.15) is 5.10 Å². The summed E-state index contributed by atoms with van der Waals surface area (Å²) in [5, 5.41) is 18.1. The van der Waals surface area contributed by atoms with Crippen molar-refractivity contribution in [3.05, 3.63) is 124 Å². The first-order valence-electron chi connectivity index (χ1n) is 18.1. The highest BCUT2D eigenvalue weighted by molar-refractivity contribution is 6.23. The van der Waals surface area contributed by atoms with Crippen LogP contribution in [0.1, 0.15) is 28.0 Å². The second-order valence-electron chi connectivity index (χ2n) is 13.8. The van der Waals surface area contributed by atoms with Crippen LogP contribution in [-0.4, -0.2) is 80.1 Å². The van der Waals surface area contributed by atoms with Gasteiger partial charge in [-0.05, 0) is 79.6 Å². The number of aromatic amines is 1. The third kappa shape index (κ3) is 7.36. The minimum atomic E-state index is -2.90. The second kappa shape index (κ2) is 15.5. The molecule has 6 aromatic rings. The molecular weight excluding hydrogens is 793 g/mol. The lowest BCUT2D eigenvalue weighted by Crippen LogP contribution is -2.42. The van der Waals surface area contributed by atoms with Gasteiger partial charge in [0.2, 0.25) is 5.78 Å². The first-order chi connectivity index (χ1) is 28.7. The monoisotopic (exact) mass is 824 g/mol. The Morgan fingerprint density at radius 3 is 2.47 bits per heavy atom. The van der Waals surface area contributed by atoms with Crippen LogP contribution >= 0.6 is 0 Å². The number of nitro groups is 1. The number of benzene rings is 4. The van der Waals surface area contributed by atoms with Gasteiger partial charge in [0.25, 0.3) is 18.0 Å². The van der Waals surface area contributed by atoms with Gasteiger partial charge in [0.1, 0.15) is 35.7 Å². The fourth-order valence-electron chi connectivity index (χ4n) is 7.09. The van der Waals surface area contributed by atoms with Crippen molar-refractivity contribution in [1.29, 1.82) is 0 Å². The molecule has 0 unspecified atom stereocenters. The summed E-state index contributed by atoms with van der Waals surface area (Å²) in [7, 11) is 0. The zero-order valence-electron chi connectivity index (χ0n) is 31.1. The highest BCUT2D eigenvalue weighted by Gasteiger charge is 2.52. The number of nitrogens with zero attached hydrogens (tertiary/aromatic N) is 5. The molecule has 0 aliphatic carbocycles. The van der Waals surface area contributed by atoms with E-state index in [0.29, 0.717) is 22.4 Å². The van der Waals surface area contributed by atoms with E-state index in [1.165, 1.54) is 58.2 Å². The number of fused-ring (bicyclic) bond motifs is 2. The van der Waals surface area contributed by atoms with Gasteiger partial charge in [-0.1, -0.05) is 12.1 Å². The zero-order chi connectivity index (χ0) is 42.4. The van der Waals surface area contributed by atoms with Gasteiger partial charge >= 0.3 is 12.1 Å². The van der Waals surface area contributed by atoms with Crippen LogP contribution in [0.4, 0.5) is 40.0 Å². The molecule has 20 heteroatoms. The Morgan fingerprint density at radius 1 is 1.02 bits per heavy atom. The quantitative estimate of drug-likeness (QED) is 0.0513. The van der Waals surface area contributed by atoms with E-state index in [0.717, 1.165) is 17.0 Å². The Labute approximate surface area is 336 Å². The lowest BCUT2D eigenvalue weighted by Gasteiger charge is -2.21. The minimum Gasteiger partial charge on any atom is -0.485 e. The molecule has 0 saturated carbocycles. The summed E-state index contributed by atoms with van der Waals surface area (Å²) in [5.74, 6) is -1.62. The van der Waals surface area contributed by atoms with Gasteiger partial charge in [0.15, 0.2) is 11.6 Å². The molecule has 60 heavy (non-hydrogen) atoms. The van der Waals surface area contributed by atoms with Gasteiger partial charge in [-0.3, -0.25) is 19.7 Å². The topological polar surface area (TPSA) is 217 Å². The Morgan fingerprint density at radius 2 is 1.77 bits per heavy atom. The first kappa shape index (κ1) is 38.9. The number of nitrogen functional groups attached to an aromatic ring is 1. The number of carbonyl (C=O) groups is 4. The van der Waals surface area contributed by atoms with Crippen LogP contribution in [0.2, 0.25) is 0 Å². The normalized spacial score (nSPS) is 16.1. The van der Waals surface area contributed by atoms with E-state index in [4.69, 9.17) is 19.9 Å². The van der Waals surface area contributed by atoms with Crippen LogP contribution in [0.15, 0.2) is 91.1 Å². The Balaban J connectivity index is 1.00. The molecule has 4 N–H and O–H groups in total. The molecule has 2 fully saturated rings. The molecule has 2 aliphatic rings. The number of imide groups is 1. The van der Waals surface area contributed by atoms with Crippen molar-refractivity contribution in [2.45, 2.75) is 31.9 Å². The number of aryl methyl sites for hydroxylation is 1. The molecule has 17 nitrogen and oxygen atoms in total. The van der Waals surface area contributed by atoms with Gasteiger partial charge in [-0.25, -0.2) is 32.3 Å². The lowest BCUT2D eigenvalue weighted by atomic mass is 10.1. The number of anilines is 2. The van der Waals surface area contributed by atoms with Crippen molar-refractivity contribution in [2.24, 2.45) is 0 Å². The van der Waals surface area contributed by atoms with Gasteiger partial charge in [0.05, 0.1) is 39.8 Å². The van der Waals surface area contributed by atoms with Crippen LogP contribution in [0.3, 0.4) is 0 Å². The predicted octanol–water partition coefficient (Wildman–Crippen LogP) is 6.66. The molecule has 2 atom stereocenters. The fourth-order valence-corrected chi connectivity index (χ4v) is 7.09. The van der Waals surface area contributed by atoms with Crippen molar-refractivity contribution in [3.8, 4) is 28.7 Å². The third-order valence-electron chi connectivity index (χ3n) is 9.89. The van der Waals surface area contributed by atoms with Crippen molar-refractivity contribution < 1.29 is 51.5 Å². The molecule has 4 amide bonds. The van der Waals surface area contributed by atoms with Crippen LogP contribution in [0.25, 0.3) is 16.6 Å². The zero-order valence-corrected chi connectivity index (χ0v) is 31.1. The number of alkyl halides is 2. The third-order valence-corrected chi connectivity index (χ3v) is 9.89. The molecule has 2 saturated heterocycles. The van der Waals surface area contributed by atoms with Gasteiger partial charge < -0.3 is 35.1 Å². The summed E-state index contributed by atoms with van der Waals surface area (Å²) < 4.78 is 58.5. The van der Waals surface area contributed by atoms with E-state index in [2.05, 4.69) is 15.4 Å². The standard InChI is InChI=1S/C40H31F3N8O9/c1-20-12-25(59-33-5-3-2-4-27(33)41)10-11-30(20)50-37(44)26(17-45-50)36(52)29-13-21-14-34(58-19-35(42)43)31(16-28(21)47-29)49-38(53)32-15-22(18-48(32)40(49)55)46-39(54)60-24-8-6-23(7-9-24)51(56)57/h2-14,16-17,22,32,35,47H,15,18-19,44H2,1H3,(H,46,54)/t22-,32-/m0/s1. The first-order valence-corrected chi connectivity index (χ1v) is 18.1. The van der Waals surface area contributed by atoms with Crippen LogP contribution in [-0.2, 0) is 4.79 Å². The van der Waals surface area contributed by atoms with Crippen molar-refractivity contribution in [2.75, 3.05) is 23.8 Å². The Hall–Kier alpha value is -7.90. The number of rotatable bonds is 12. The summed E-state index contributed by atoms with van der Waals surface area (Å²) >= 11 is 0. The van der Waals surface area contributed by atoms with Crippen LogP contribution in [0.5, 0.6) is 23.0 Å². The molecule has 4 aromatic carbocycles. The number of aromatic nitrogens is 3. The number of ether oxygens (including phenoxy) is 3. The summed E-state index contributed by atoms with van der Waals surface area (Å²) in [6.45, 7) is 0.595. The maximum Gasteiger partial charge on any atom is 0.412 e.